The van der Waals surface area contributed by atoms with Crippen LogP contribution in [0.4, 0.5) is 0 Å². The van der Waals surface area contributed by atoms with Crippen LogP contribution in [0.15, 0.2) is 91.0 Å². The number of ketones is 1. The molecule has 0 aromatic heterocycles. The zero-order valence-corrected chi connectivity index (χ0v) is 15.9. The summed E-state index contributed by atoms with van der Waals surface area (Å²) in [5.41, 5.74) is 0.827. The summed E-state index contributed by atoms with van der Waals surface area (Å²) in [5.74, 6) is 0.276. The van der Waals surface area contributed by atoms with Crippen LogP contribution in [0.25, 0.3) is 0 Å². The predicted octanol–water partition coefficient (Wildman–Crippen LogP) is 2.67. The van der Waals surface area contributed by atoms with Crippen molar-refractivity contribution in [3.05, 3.63) is 96.6 Å². The summed E-state index contributed by atoms with van der Waals surface area (Å²) in [6, 6.07) is 30.5. The summed E-state index contributed by atoms with van der Waals surface area (Å²) in [6.07, 6.45) is 0. The molecule has 3 heteroatoms. The molecule has 0 bridgehead atoms. The van der Waals surface area contributed by atoms with E-state index in [-0.39, 0.29) is 39.4 Å². The van der Waals surface area contributed by atoms with Crippen LogP contribution in [-0.4, -0.2) is 35.7 Å². The summed E-state index contributed by atoms with van der Waals surface area (Å²) >= 11 is 0.286. The molecule has 0 aliphatic carbocycles. The van der Waals surface area contributed by atoms with Crippen molar-refractivity contribution in [1.82, 2.24) is 0 Å². The van der Waals surface area contributed by atoms with Gasteiger partial charge in [-0.1, -0.05) is 0 Å². The minimum absolute atomic E-state index is 0.0854. The summed E-state index contributed by atoms with van der Waals surface area (Å²) in [4.78, 5) is 13.0. The fourth-order valence-electron chi connectivity index (χ4n) is 2.11. The molecule has 0 saturated carbocycles. The monoisotopic (exact) mass is 432 g/mol. The van der Waals surface area contributed by atoms with Crippen LogP contribution in [0.3, 0.4) is 0 Å². The van der Waals surface area contributed by atoms with Crippen LogP contribution in [0.1, 0.15) is 10.4 Å². The first-order valence-corrected chi connectivity index (χ1v) is 11.0. The van der Waals surface area contributed by atoms with Crippen molar-refractivity contribution in [2.45, 2.75) is 3.71 Å². The summed E-state index contributed by atoms with van der Waals surface area (Å²) in [6.45, 7) is 0. The molecule has 0 fully saturated rings. The molecule has 0 spiro atoms. The van der Waals surface area contributed by atoms with Crippen LogP contribution in [0.5, 0.6) is 0 Å². The average Bonchev–Trinajstić information content (AvgIpc) is 2.63. The maximum atomic E-state index is 13.0. The Kier molecular flexibility index (Phi) is 5.85. The Balaban J connectivity index is 1.85. The first-order chi connectivity index (χ1) is 11.3. The third-order valence-electron chi connectivity index (χ3n) is 3.25. The van der Waals surface area contributed by atoms with Gasteiger partial charge in [0.1, 0.15) is 0 Å². The molecule has 23 heavy (non-hydrogen) atoms. The van der Waals surface area contributed by atoms with Gasteiger partial charge in [0.15, 0.2) is 0 Å². The third-order valence-corrected chi connectivity index (χ3v) is 9.42. The Morgan fingerprint density at radius 1 is 0.609 bits per heavy atom. The second-order valence-electron chi connectivity index (χ2n) is 4.92. The van der Waals surface area contributed by atoms with Gasteiger partial charge in [-0.15, -0.1) is 0 Å². The van der Waals surface area contributed by atoms with Crippen molar-refractivity contribution >= 4 is 44.6 Å². The number of rotatable bonds is 6. The Morgan fingerprint density at radius 2 is 1.00 bits per heavy atom. The van der Waals surface area contributed by atoms with Gasteiger partial charge in [0, 0.05) is 0 Å². The third kappa shape index (κ3) is 4.67. The fraction of sp³-hybridized carbons (Fsp3) is 0.0500. The SMILES string of the molecule is O=C(c1ccccc1)C([Se]c1ccccc1)[Se]c1ccccc1. The van der Waals surface area contributed by atoms with Gasteiger partial charge in [0.25, 0.3) is 0 Å². The van der Waals surface area contributed by atoms with E-state index >= 15 is 0 Å². The summed E-state index contributed by atoms with van der Waals surface area (Å²) < 4.78 is 2.65. The van der Waals surface area contributed by atoms with Crippen molar-refractivity contribution in [1.29, 1.82) is 0 Å². The number of hydrogen-bond donors (Lipinski definition) is 0. The number of hydrogen-bond acceptors (Lipinski definition) is 1. The molecule has 0 aliphatic rings. The first-order valence-electron chi connectivity index (χ1n) is 7.35. The van der Waals surface area contributed by atoms with Crippen LogP contribution >= 0.6 is 0 Å². The van der Waals surface area contributed by atoms with Gasteiger partial charge in [-0.2, -0.15) is 0 Å². The van der Waals surface area contributed by atoms with Crippen LogP contribution in [-0.2, 0) is 0 Å². The molecular weight excluding hydrogens is 414 g/mol. The minimum atomic E-state index is 0.0854. The quantitative estimate of drug-likeness (QED) is 0.434. The van der Waals surface area contributed by atoms with E-state index in [1.165, 1.54) is 8.92 Å². The first kappa shape index (κ1) is 16.2. The zero-order chi connectivity index (χ0) is 15.9. The molecule has 0 amide bonds. The van der Waals surface area contributed by atoms with Crippen molar-refractivity contribution in [2.24, 2.45) is 0 Å². The Labute approximate surface area is 149 Å². The van der Waals surface area contributed by atoms with Crippen molar-refractivity contribution < 1.29 is 4.79 Å². The maximum absolute atomic E-state index is 13.0. The average molecular weight is 430 g/mol. The van der Waals surface area contributed by atoms with Gasteiger partial charge in [-0.05, 0) is 0 Å². The molecule has 114 valence electrons. The normalized spacial score (nSPS) is 10.7. The van der Waals surface area contributed by atoms with Gasteiger partial charge in [0.2, 0.25) is 0 Å². The molecule has 0 N–H and O–H groups in total. The summed E-state index contributed by atoms with van der Waals surface area (Å²) in [5, 5.41) is 0. The van der Waals surface area contributed by atoms with Gasteiger partial charge in [-0.3, -0.25) is 0 Å². The second kappa shape index (κ2) is 8.29. The molecule has 0 radical (unpaired) electrons. The molecule has 0 heterocycles. The van der Waals surface area contributed by atoms with Gasteiger partial charge in [0.05, 0.1) is 0 Å². The molecule has 3 aromatic carbocycles. The molecule has 3 aromatic rings. The van der Waals surface area contributed by atoms with E-state index in [4.69, 9.17) is 0 Å². The van der Waals surface area contributed by atoms with Crippen molar-refractivity contribution in [3.63, 3.8) is 0 Å². The molecule has 0 aliphatic heterocycles. The topological polar surface area (TPSA) is 17.1 Å². The van der Waals surface area contributed by atoms with Crippen molar-refractivity contribution in [2.75, 3.05) is 0 Å². The molecule has 0 saturated heterocycles. The van der Waals surface area contributed by atoms with E-state index in [1.807, 2.05) is 42.5 Å². The number of carbonyl (C=O) groups is 1. The van der Waals surface area contributed by atoms with Crippen LogP contribution in [0.2, 0.25) is 3.71 Å². The Hall–Kier alpha value is -1.63. The molecule has 1 nitrogen and oxygen atoms in total. The standard InChI is InChI=1S/C20H16OSe2/c21-19(16-10-4-1-5-11-16)20(22-17-12-6-2-7-13-17)23-18-14-8-3-9-15-18/h1-15,20H. The van der Waals surface area contributed by atoms with E-state index in [1.54, 1.807) is 0 Å². The van der Waals surface area contributed by atoms with Crippen LogP contribution < -0.4 is 8.92 Å². The Bertz CT molecular complexity index is 701. The predicted molar refractivity (Wildman–Crippen MR) is 98.2 cm³/mol. The molecule has 0 unspecified atom stereocenters. The summed E-state index contributed by atoms with van der Waals surface area (Å²) in [7, 11) is 0. The Morgan fingerprint density at radius 3 is 1.43 bits per heavy atom. The van der Waals surface area contributed by atoms with E-state index in [0.29, 0.717) is 0 Å². The van der Waals surface area contributed by atoms with Gasteiger partial charge >= 0.3 is 150 Å². The molecule has 3 rings (SSSR count). The molecular formula is C20H16OSe2. The van der Waals surface area contributed by atoms with Crippen molar-refractivity contribution in [3.8, 4) is 0 Å². The number of carbonyl (C=O) groups excluding carboxylic acids is 1. The van der Waals surface area contributed by atoms with E-state index in [9.17, 15) is 4.79 Å². The number of Topliss-reactive ketones (excluding diaryl/α,β-unsaturated/α-hetero) is 1. The van der Waals surface area contributed by atoms with Gasteiger partial charge < -0.3 is 0 Å². The zero-order valence-electron chi connectivity index (χ0n) is 12.5. The van der Waals surface area contributed by atoms with Crippen LogP contribution in [0, 0.1) is 0 Å². The van der Waals surface area contributed by atoms with E-state index in [2.05, 4.69) is 48.5 Å². The molecule has 0 atom stereocenters. The van der Waals surface area contributed by atoms with E-state index in [0.717, 1.165) is 5.56 Å². The fourth-order valence-corrected chi connectivity index (χ4v) is 8.54. The van der Waals surface area contributed by atoms with E-state index < -0.39 is 0 Å². The van der Waals surface area contributed by atoms with Gasteiger partial charge in [-0.25, -0.2) is 0 Å². The second-order valence-corrected chi connectivity index (χ2v) is 11.4. The number of benzene rings is 3.